The number of thiophene rings is 1. The van der Waals surface area contributed by atoms with Crippen LogP contribution in [0.25, 0.3) is 0 Å². The standard InChI is InChI=1S/C26H37N3O3S/c1-6-18(3)15-28(26(31)27-7-2)16-25(30)29-12-10-24-21(11-13-33-24)22(29)17-32-23-9-8-19(4)14-20(23)5/h8-9,11,13-14,18,22H,6-7,10,12,15-17H2,1-5H3,(H,27,31)/t18-,22-/m0/s1. The molecule has 1 aliphatic heterocycles. The summed E-state index contributed by atoms with van der Waals surface area (Å²) >= 11 is 1.74. The molecule has 1 aliphatic rings. The van der Waals surface area contributed by atoms with Crippen LogP contribution in [0.1, 0.15) is 54.8 Å². The molecule has 0 saturated carbocycles. The van der Waals surface area contributed by atoms with Crippen molar-refractivity contribution in [1.82, 2.24) is 15.1 Å². The molecule has 2 aromatic rings. The molecule has 6 nitrogen and oxygen atoms in total. The highest BCUT2D eigenvalue weighted by molar-refractivity contribution is 7.10. The molecule has 0 spiro atoms. The second-order valence-electron chi connectivity index (χ2n) is 8.96. The summed E-state index contributed by atoms with van der Waals surface area (Å²) in [6.45, 7) is 12.4. The van der Waals surface area contributed by atoms with Crippen molar-refractivity contribution >= 4 is 23.3 Å². The van der Waals surface area contributed by atoms with Crippen molar-refractivity contribution in [2.24, 2.45) is 5.92 Å². The van der Waals surface area contributed by atoms with Crippen LogP contribution in [0.5, 0.6) is 5.75 Å². The fourth-order valence-electron chi connectivity index (χ4n) is 4.25. The number of amides is 3. The molecular formula is C26H37N3O3S. The average molecular weight is 472 g/mol. The van der Waals surface area contributed by atoms with Gasteiger partial charge in [0.25, 0.3) is 0 Å². The summed E-state index contributed by atoms with van der Waals surface area (Å²) in [5, 5.41) is 4.95. The Labute approximate surface area is 201 Å². The topological polar surface area (TPSA) is 61.9 Å². The zero-order valence-corrected chi connectivity index (χ0v) is 21.3. The highest BCUT2D eigenvalue weighted by Crippen LogP contribution is 2.34. The number of fused-ring (bicyclic) bond motifs is 1. The SMILES string of the molecule is CCNC(=O)N(CC(=O)N1CCc2sccc2[C@@H]1COc1ccc(C)cc1C)C[C@@H](C)CC. The average Bonchev–Trinajstić information content (AvgIpc) is 3.27. The van der Waals surface area contributed by atoms with E-state index in [4.69, 9.17) is 4.74 Å². The zero-order valence-electron chi connectivity index (χ0n) is 20.5. The maximum absolute atomic E-state index is 13.5. The van der Waals surface area contributed by atoms with Gasteiger partial charge in [0.1, 0.15) is 18.9 Å². The Hall–Kier alpha value is -2.54. The molecule has 0 bridgehead atoms. The summed E-state index contributed by atoms with van der Waals surface area (Å²) < 4.78 is 6.23. The van der Waals surface area contributed by atoms with Crippen LogP contribution in [-0.4, -0.2) is 54.5 Å². The fourth-order valence-corrected chi connectivity index (χ4v) is 5.17. The van der Waals surface area contributed by atoms with Gasteiger partial charge in [0.15, 0.2) is 0 Å². The predicted molar refractivity (Wildman–Crippen MR) is 134 cm³/mol. The molecule has 0 saturated heterocycles. The molecule has 2 heterocycles. The Bertz CT molecular complexity index is 958. The first-order chi connectivity index (χ1) is 15.8. The lowest BCUT2D eigenvalue weighted by molar-refractivity contribution is -0.135. The van der Waals surface area contributed by atoms with E-state index in [9.17, 15) is 9.59 Å². The molecule has 0 aliphatic carbocycles. The van der Waals surface area contributed by atoms with Crippen LogP contribution in [0, 0.1) is 19.8 Å². The van der Waals surface area contributed by atoms with Crippen molar-refractivity contribution in [1.29, 1.82) is 0 Å². The molecule has 0 unspecified atom stereocenters. The number of nitrogens with zero attached hydrogens (tertiary/aromatic N) is 2. The van der Waals surface area contributed by atoms with Crippen LogP contribution in [0.15, 0.2) is 29.6 Å². The van der Waals surface area contributed by atoms with Gasteiger partial charge in [-0.1, -0.05) is 38.0 Å². The first kappa shape index (κ1) is 25.1. The van der Waals surface area contributed by atoms with Crippen molar-refractivity contribution in [2.45, 2.75) is 53.5 Å². The van der Waals surface area contributed by atoms with E-state index in [-0.39, 0.29) is 24.5 Å². The quantitative estimate of drug-likeness (QED) is 0.563. The molecule has 180 valence electrons. The molecule has 7 heteroatoms. The third kappa shape index (κ3) is 6.28. The van der Waals surface area contributed by atoms with Crippen LogP contribution in [0.4, 0.5) is 4.79 Å². The number of ether oxygens (including phenoxy) is 1. The number of nitrogens with one attached hydrogen (secondary N) is 1. The number of rotatable bonds is 9. The molecule has 3 amide bonds. The molecule has 0 fully saturated rings. The van der Waals surface area contributed by atoms with Gasteiger partial charge in [0, 0.05) is 24.5 Å². The van der Waals surface area contributed by atoms with Crippen molar-refractivity contribution in [3.63, 3.8) is 0 Å². The third-order valence-electron chi connectivity index (χ3n) is 6.31. The lowest BCUT2D eigenvalue weighted by atomic mass is 10.00. The van der Waals surface area contributed by atoms with E-state index in [2.05, 4.69) is 43.6 Å². The van der Waals surface area contributed by atoms with Gasteiger partial charge in [-0.05, 0) is 61.7 Å². The first-order valence-electron chi connectivity index (χ1n) is 11.9. The zero-order chi connectivity index (χ0) is 24.0. The Morgan fingerprint density at radius 2 is 2.06 bits per heavy atom. The number of carbonyl (C=O) groups excluding carboxylic acids is 2. The largest absolute Gasteiger partial charge is 0.491 e. The Kier molecular flexibility index (Phi) is 8.78. The van der Waals surface area contributed by atoms with Crippen LogP contribution in [0.3, 0.4) is 0 Å². The third-order valence-corrected chi connectivity index (χ3v) is 7.31. The summed E-state index contributed by atoms with van der Waals surface area (Å²) in [6, 6.07) is 7.92. The van der Waals surface area contributed by atoms with E-state index in [1.54, 1.807) is 16.2 Å². The normalized spacial score (nSPS) is 16.2. The van der Waals surface area contributed by atoms with Crippen molar-refractivity contribution < 1.29 is 14.3 Å². The number of aryl methyl sites for hydroxylation is 2. The van der Waals surface area contributed by atoms with Gasteiger partial charge in [-0.2, -0.15) is 0 Å². The van der Waals surface area contributed by atoms with E-state index in [1.165, 1.54) is 10.4 Å². The second-order valence-corrected chi connectivity index (χ2v) is 9.96. The van der Waals surface area contributed by atoms with Crippen LogP contribution in [-0.2, 0) is 11.2 Å². The molecule has 1 aromatic heterocycles. The van der Waals surface area contributed by atoms with Crippen molar-refractivity contribution in [3.05, 3.63) is 51.2 Å². The minimum atomic E-state index is -0.178. The highest BCUT2D eigenvalue weighted by Gasteiger charge is 2.33. The highest BCUT2D eigenvalue weighted by atomic mass is 32.1. The van der Waals surface area contributed by atoms with Crippen LogP contribution >= 0.6 is 11.3 Å². The smallest absolute Gasteiger partial charge is 0.317 e. The van der Waals surface area contributed by atoms with E-state index in [1.807, 2.05) is 30.9 Å². The molecule has 33 heavy (non-hydrogen) atoms. The minimum absolute atomic E-state index is 0.0318. The van der Waals surface area contributed by atoms with Gasteiger partial charge in [-0.15, -0.1) is 11.3 Å². The van der Waals surface area contributed by atoms with Gasteiger partial charge < -0.3 is 19.9 Å². The summed E-state index contributed by atoms with van der Waals surface area (Å²) in [5.41, 5.74) is 3.45. The molecular weight excluding hydrogens is 434 g/mol. The fraction of sp³-hybridized carbons (Fsp3) is 0.538. The summed E-state index contributed by atoms with van der Waals surface area (Å²) in [7, 11) is 0. The molecule has 1 N–H and O–H groups in total. The number of hydrogen-bond donors (Lipinski definition) is 1. The molecule has 3 rings (SSSR count). The van der Waals surface area contributed by atoms with E-state index >= 15 is 0 Å². The van der Waals surface area contributed by atoms with Gasteiger partial charge in [0.05, 0.1) is 6.04 Å². The van der Waals surface area contributed by atoms with Crippen LogP contribution < -0.4 is 10.1 Å². The van der Waals surface area contributed by atoms with E-state index < -0.39 is 0 Å². The molecule has 2 atom stereocenters. The summed E-state index contributed by atoms with van der Waals surface area (Å²) in [5.74, 6) is 1.14. The first-order valence-corrected chi connectivity index (χ1v) is 12.8. The maximum Gasteiger partial charge on any atom is 0.317 e. The lowest BCUT2D eigenvalue weighted by Gasteiger charge is -2.37. The van der Waals surface area contributed by atoms with E-state index in [0.717, 1.165) is 29.7 Å². The summed E-state index contributed by atoms with van der Waals surface area (Å²) in [4.78, 5) is 31.0. The van der Waals surface area contributed by atoms with Crippen molar-refractivity contribution in [2.75, 3.05) is 32.8 Å². The van der Waals surface area contributed by atoms with Gasteiger partial charge in [0.2, 0.25) is 5.91 Å². The summed E-state index contributed by atoms with van der Waals surface area (Å²) in [6.07, 6.45) is 1.80. The predicted octanol–water partition coefficient (Wildman–Crippen LogP) is 4.95. The Morgan fingerprint density at radius 3 is 2.76 bits per heavy atom. The number of hydrogen-bond acceptors (Lipinski definition) is 4. The number of carbonyl (C=O) groups is 2. The molecule has 1 aromatic carbocycles. The lowest BCUT2D eigenvalue weighted by Crippen LogP contribution is -2.50. The Morgan fingerprint density at radius 1 is 1.27 bits per heavy atom. The Balaban J connectivity index is 1.78. The van der Waals surface area contributed by atoms with Gasteiger partial charge in [-0.25, -0.2) is 4.79 Å². The van der Waals surface area contributed by atoms with Crippen LogP contribution in [0.2, 0.25) is 0 Å². The molecule has 0 radical (unpaired) electrons. The van der Waals surface area contributed by atoms with Gasteiger partial charge in [-0.3, -0.25) is 4.79 Å². The van der Waals surface area contributed by atoms with Crippen molar-refractivity contribution in [3.8, 4) is 5.75 Å². The second kappa shape index (κ2) is 11.5. The number of urea groups is 1. The maximum atomic E-state index is 13.5. The van der Waals surface area contributed by atoms with E-state index in [0.29, 0.717) is 32.2 Å². The number of benzene rings is 1. The minimum Gasteiger partial charge on any atom is -0.491 e. The van der Waals surface area contributed by atoms with Gasteiger partial charge >= 0.3 is 6.03 Å². The monoisotopic (exact) mass is 471 g/mol.